The number of rotatable bonds is 4. The first kappa shape index (κ1) is 13.9. The molecule has 0 spiro atoms. The Morgan fingerprint density at radius 1 is 1.10 bits per heavy atom. The second kappa shape index (κ2) is 6.56. The summed E-state index contributed by atoms with van der Waals surface area (Å²) < 4.78 is 5.07. The summed E-state index contributed by atoms with van der Waals surface area (Å²) >= 11 is 0. The largest absolute Gasteiger partial charge is 0.467 e. The van der Waals surface area contributed by atoms with Crippen LogP contribution in [0.25, 0.3) is 0 Å². The van der Waals surface area contributed by atoms with Gasteiger partial charge in [-0.05, 0) is 24.6 Å². The van der Waals surface area contributed by atoms with Gasteiger partial charge < -0.3 is 15.1 Å². The quantitative estimate of drug-likeness (QED) is 0.833. The highest BCUT2D eigenvalue weighted by Gasteiger charge is 2.16. The first-order valence-corrected chi connectivity index (χ1v) is 6.33. The zero-order valence-corrected chi connectivity index (χ0v) is 11.1. The Morgan fingerprint density at radius 2 is 1.85 bits per heavy atom. The average Bonchev–Trinajstić information content (AvgIpc) is 2.98. The molecule has 5 nitrogen and oxygen atoms in total. The molecule has 0 aliphatic carbocycles. The summed E-state index contributed by atoms with van der Waals surface area (Å²) in [6.07, 6.45) is 1.51. The van der Waals surface area contributed by atoms with Crippen molar-refractivity contribution in [1.82, 2.24) is 10.6 Å². The second-order valence-electron chi connectivity index (χ2n) is 4.37. The minimum absolute atomic E-state index is 0.193. The molecule has 2 aromatic rings. The summed E-state index contributed by atoms with van der Waals surface area (Å²) in [6, 6.07) is 12.7. The van der Waals surface area contributed by atoms with Crippen LogP contribution < -0.4 is 10.6 Å². The SMILES string of the molecule is C[C@@H](NC(=O)C(=O)NCc1ccco1)c1ccccc1. The maximum atomic E-state index is 11.7. The Kier molecular flexibility index (Phi) is 4.55. The van der Waals surface area contributed by atoms with E-state index in [0.29, 0.717) is 5.76 Å². The van der Waals surface area contributed by atoms with Crippen molar-refractivity contribution < 1.29 is 14.0 Å². The molecule has 2 rings (SSSR count). The molecular formula is C15H16N2O3. The van der Waals surface area contributed by atoms with Gasteiger partial charge in [0.05, 0.1) is 18.8 Å². The van der Waals surface area contributed by atoms with Gasteiger partial charge in [0.1, 0.15) is 5.76 Å². The summed E-state index contributed by atoms with van der Waals surface area (Å²) in [7, 11) is 0. The molecule has 0 saturated carbocycles. The predicted molar refractivity (Wildman–Crippen MR) is 73.6 cm³/mol. The molecule has 0 fully saturated rings. The monoisotopic (exact) mass is 272 g/mol. The van der Waals surface area contributed by atoms with Crippen LogP contribution in [-0.4, -0.2) is 11.8 Å². The third-order valence-electron chi connectivity index (χ3n) is 2.86. The summed E-state index contributed by atoms with van der Waals surface area (Å²) in [4.78, 5) is 23.4. The fraction of sp³-hybridized carbons (Fsp3) is 0.200. The molecular weight excluding hydrogens is 256 g/mol. The molecule has 0 aliphatic heterocycles. The Bertz CT molecular complexity index is 564. The number of carbonyl (C=O) groups is 2. The normalized spacial score (nSPS) is 11.7. The van der Waals surface area contributed by atoms with Crippen molar-refractivity contribution in [2.75, 3.05) is 0 Å². The molecule has 1 heterocycles. The van der Waals surface area contributed by atoms with E-state index in [1.54, 1.807) is 12.1 Å². The third kappa shape index (κ3) is 3.71. The maximum absolute atomic E-state index is 11.7. The minimum atomic E-state index is -0.677. The van der Waals surface area contributed by atoms with Crippen LogP contribution in [0, 0.1) is 0 Å². The van der Waals surface area contributed by atoms with Crippen molar-refractivity contribution in [3.05, 3.63) is 60.1 Å². The first-order chi connectivity index (χ1) is 9.66. The van der Waals surface area contributed by atoms with Gasteiger partial charge >= 0.3 is 11.8 Å². The molecule has 0 bridgehead atoms. The summed E-state index contributed by atoms with van der Waals surface area (Å²) in [6.45, 7) is 2.02. The van der Waals surface area contributed by atoms with E-state index in [4.69, 9.17) is 4.42 Å². The number of hydrogen-bond acceptors (Lipinski definition) is 3. The van der Waals surface area contributed by atoms with Gasteiger partial charge in [0.15, 0.2) is 0 Å². The van der Waals surface area contributed by atoms with E-state index in [0.717, 1.165) is 5.56 Å². The standard InChI is InChI=1S/C15H16N2O3/c1-11(12-6-3-2-4-7-12)17-15(19)14(18)16-10-13-8-5-9-20-13/h2-9,11H,10H2,1H3,(H,16,18)(H,17,19)/t11-/m1/s1. The second-order valence-corrected chi connectivity index (χ2v) is 4.37. The van der Waals surface area contributed by atoms with Gasteiger partial charge in [-0.2, -0.15) is 0 Å². The van der Waals surface area contributed by atoms with Crippen LogP contribution >= 0.6 is 0 Å². The van der Waals surface area contributed by atoms with Crippen LogP contribution in [-0.2, 0) is 16.1 Å². The van der Waals surface area contributed by atoms with Gasteiger partial charge in [-0.3, -0.25) is 9.59 Å². The number of amides is 2. The lowest BCUT2D eigenvalue weighted by Crippen LogP contribution is -2.40. The zero-order valence-electron chi connectivity index (χ0n) is 11.1. The number of furan rings is 1. The van der Waals surface area contributed by atoms with E-state index in [1.807, 2.05) is 37.3 Å². The van der Waals surface area contributed by atoms with Crippen molar-refractivity contribution in [1.29, 1.82) is 0 Å². The Hall–Kier alpha value is -2.56. The Labute approximate surface area is 117 Å². The highest BCUT2D eigenvalue weighted by atomic mass is 16.3. The molecule has 5 heteroatoms. The van der Waals surface area contributed by atoms with Crippen molar-refractivity contribution in [3.63, 3.8) is 0 Å². The van der Waals surface area contributed by atoms with E-state index >= 15 is 0 Å². The molecule has 1 aromatic carbocycles. The van der Waals surface area contributed by atoms with Crippen LogP contribution in [0.5, 0.6) is 0 Å². The molecule has 20 heavy (non-hydrogen) atoms. The third-order valence-corrected chi connectivity index (χ3v) is 2.86. The molecule has 1 atom stereocenters. The molecule has 2 amide bonds. The van der Waals surface area contributed by atoms with Gasteiger partial charge in [-0.25, -0.2) is 0 Å². The van der Waals surface area contributed by atoms with Gasteiger partial charge in [-0.15, -0.1) is 0 Å². The highest BCUT2D eigenvalue weighted by molar-refractivity contribution is 6.35. The van der Waals surface area contributed by atoms with E-state index in [1.165, 1.54) is 6.26 Å². The zero-order chi connectivity index (χ0) is 14.4. The number of hydrogen-bond donors (Lipinski definition) is 2. The highest BCUT2D eigenvalue weighted by Crippen LogP contribution is 2.10. The van der Waals surface area contributed by atoms with E-state index in [-0.39, 0.29) is 12.6 Å². The molecule has 0 unspecified atom stereocenters. The van der Waals surface area contributed by atoms with Crippen LogP contribution in [0.3, 0.4) is 0 Å². The maximum Gasteiger partial charge on any atom is 0.309 e. The summed E-state index contributed by atoms with van der Waals surface area (Å²) in [5.74, 6) is -0.737. The fourth-order valence-corrected chi connectivity index (χ4v) is 1.75. The van der Waals surface area contributed by atoms with Crippen molar-refractivity contribution in [3.8, 4) is 0 Å². The summed E-state index contributed by atoms with van der Waals surface area (Å²) in [5.41, 5.74) is 0.944. The number of benzene rings is 1. The van der Waals surface area contributed by atoms with Crippen LogP contribution in [0.1, 0.15) is 24.3 Å². The minimum Gasteiger partial charge on any atom is -0.467 e. The molecule has 0 aliphatic rings. The van der Waals surface area contributed by atoms with Crippen molar-refractivity contribution in [2.24, 2.45) is 0 Å². The smallest absolute Gasteiger partial charge is 0.309 e. The molecule has 104 valence electrons. The molecule has 0 radical (unpaired) electrons. The molecule has 1 aromatic heterocycles. The number of carbonyl (C=O) groups excluding carboxylic acids is 2. The lowest BCUT2D eigenvalue weighted by Gasteiger charge is -2.13. The van der Waals surface area contributed by atoms with Gasteiger partial charge in [0.25, 0.3) is 0 Å². The van der Waals surface area contributed by atoms with Gasteiger partial charge in [0, 0.05) is 0 Å². The Morgan fingerprint density at radius 3 is 2.50 bits per heavy atom. The summed E-state index contributed by atoms with van der Waals surface area (Å²) in [5, 5.41) is 5.14. The van der Waals surface area contributed by atoms with Gasteiger partial charge in [0.2, 0.25) is 0 Å². The van der Waals surface area contributed by atoms with Crippen LogP contribution in [0.4, 0.5) is 0 Å². The predicted octanol–water partition coefficient (Wildman–Crippen LogP) is 1.77. The lowest BCUT2D eigenvalue weighted by atomic mass is 10.1. The van der Waals surface area contributed by atoms with Crippen molar-refractivity contribution in [2.45, 2.75) is 19.5 Å². The topological polar surface area (TPSA) is 71.3 Å². The number of nitrogens with one attached hydrogen (secondary N) is 2. The molecule has 2 N–H and O–H groups in total. The van der Waals surface area contributed by atoms with E-state index in [9.17, 15) is 9.59 Å². The van der Waals surface area contributed by atoms with Crippen molar-refractivity contribution >= 4 is 11.8 Å². The van der Waals surface area contributed by atoms with Crippen LogP contribution in [0.15, 0.2) is 53.1 Å². The van der Waals surface area contributed by atoms with E-state index in [2.05, 4.69) is 10.6 Å². The van der Waals surface area contributed by atoms with Crippen LogP contribution in [0.2, 0.25) is 0 Å². The molecule has 0 saturated heterocycles. The first-order valence-electron chi connectivity index (χ1n) is 6.33. The average molecular weight is 272 g/mol. The fourth-order valence-electron chi connectivity index (χ4n) is 1.75. The van der Waals surface area contributed by atoms with E-state index < -0.39 is 11.8 Å². The lowest BCUT2D eigenvalue weighted by molar-refractivity contribution is -0.139. The van der Waals surface area contributed by atoms with Gasteiger partial charge in [-0.1, -0.05) is 30.3 Å². The Balaban J connectivity index is 1.83.